The summed E-state index contributed by atoms with van der Waals surface area (Å²) in [4.78, 5) is 11.7. The largest absolute Gasteiger partial charge is 0.462 e. The second-order valence-corrected chi connectivity index (χ2v) is 9.34. The van der Waals surface area contributed by atoms with Crippen LogP contribution in [0, 0.1) is 11.2 Å². The Hall–Kier alpha value is -1.63. The number of sulfonamides is 1. The lowest BCUT2D eigenvalue weighted by Crippen LogP contribution is -2.39. The van der Waals surface area contributed by atoms with E-state index in [1.165, 1.54) is 32.0 Å². The first-order valence-corrected chi connectivity index (χ1v) is 10.2. The predicted molar refractivity (Wildman–Crippen MR) is 93.6 cm³/mol. The third-order valence-electron chi connectivity index (χ3n) is 5.55. The molecule has 1 spiro atoms. The van der Waals surface area contributed by atoms with E-state index in [0.717, 1.165) is 23.2 Å². The molecule has 7 heteroatoms. The van der Waals surface area contributed by atoms with Crippen molar-refractivity contribution in [3.05, 3.63) is 29.6 Å². The number of halogens is 1. The lowest BCUT2D eigenvalue weighted by Gasteiger charge is -2.32. The minimum absolute atomic E-state index is 0.0419. The molecule has 0 bridgehead atoms. The lowest BCUT2D eigenvalue weighted by atomic mass is 9.86. The topological polar surface area (TPSA) is 63.7 Å². The Morgan fingerprint density at radius 2 is 1.92 bits per heavy atom. The maximum absolute atomic E-state index is 14.4. The van der Waals surface area contributed by atoms with Gasteiger partial charge in [-0.3, -0.25) is 4.31 Å². The smallest absolute Gasteiger partial charge is 0.338 e. The van der Waals surface area contributed by atoms with E-state index in [-0.39, 0.29) is 17.9 Å². The van der Waals surface area contributed by atoms with Crippen LogP contribution in [0.3, 0.4) is 0 Å². The van der Waals surface area contributed by atoms with Crippen LogP contribution in [0.25, 0.3) is 0 Å². The van der Waals surface area contributed by atoms with Crippen molar-refractivity contribution < 1.29 is 22.3 Å². The molecule has 0 atom stereocenters. The van der Waals surface area contributed by atoms with Gasteiger partial charge in [-0.25, -0.2) is 17.6 Å². The number of esters is 1. The zero-order valence-electron chi connectivity index (χ0n) is 14.6. The van der Waals surface area contributed by atoms with Crippen molar-refractivity contribution in [2.75, 3.05) is 18.0 Å². The van der Waals surface area contributed by atoms with E-state index >= 15 is 0 Å². The van der Waals surface area contributed by atoms with Gasteiger partial charge in [-0.1, -0.05) is 0 Å². The standard InChI is InChI=1S/C18H24FNO4S/c1-3-24-17(21)13-4-5-16(15(19)12-13)20(2)25(22,23)14-6-8-18(9-7-14)10-11-18/h4-5,12,14H,3,6-11H2,1-2H3. The van der Waals surface area contributed by atoms with Gasteiger partial charge >= 0.3 is 5.97 Å². The van der Waals surface area contributed by atoms with Crippen molar-refractivity contribution in [1.29, 1.82) is 0 Å². The first-order valence-electron chi connectivity index (χ1n) is 8.73. The van der Waals surface area contributed by atoms with Gasteiger partial charge in [0.25, 0.3) is 0 Å². The highest BCUT2D eigenvalue weighted by molar-refractivity contribution is 7.93. The molecule has 5 nitrogen and oxygen atoms in total. The molecule has 0 N–H and O–H groups in total. The normalized spacial score (nSPS) is 19.6. The Morgan fingerprint density at radius 3 is 2.44 bits per heavy atom. The van der Waals surface area contributed by atoms with Gasteiger partial charge in [0.2, 0.25) is 10.0 Å². The van der Waals surface area contributed by atoms with E-state index in [4.69, 9.17) is 4.74 Å². The van der Waals surface area contributed by atoms with Crippen LogP contribution in [0.5, 0.6) is 0 Å². The number of hydrogen-bond donors (Lipinski definition) is 0. The number of benzene rings is 1. The van der Waals surface area contributed by atoms with Crippen LogP contribution in [0.1, 0.15) is 55.8 Å². The summed E-state index contributed by atoms with van der Waals surface area (Å²) < 4.78 is 46.0. The molecule has 1 aromatic carbocycles. The average molecular weight is 369 g/mol. The second kappa shape index (κ2) is 6.59. The van der Waals surface area contributed by atoms with Crippen LogP contribution in [0.2, 0.25) is 0 Å². The van der Waals surface area contributed by atoms with Gasteiger partial charge in [-0.05, 0) is 69.1 Å². The fourth-order valence-corrected chi connectivity index (χ4v) is 5.34. The molecule has 0 saturated heterocycles. The molecular formula is C18H24FNO4S. The molecule has 25 heavy (non-hydrogen) atoms. The lowest BCUT2D eigenvalue weighted by molar-refractivity contribution is 0.0526. The molecule has 138 valence electrons. The predicted octanol–water partition coefficient (Wildman–Crippen LogP) is 3.49. The van der Waals surface area contributed by atoms with E-state index in [9.17, 15) is 17.6 Å². The maximum Gasteiger partial charge on any atom is 0.338 e. The highest BCUT2D eigenvalue weighted by Gasteiger charge is 2.47. The van der Waals surface area contributed by atoms with E-state index in [0.29, 0.717) is 18.3 Å². The van der Waals surface area contributed by atoms with Crippen LogP contribution in [-0.4, -0.2) is 33.3 Å². The molecule has 0 heterocycles. The van der Waals surface area contributed by atoms with Crippen molar-refractivity contribution in [2.45, 2.75) is 50.7 Å². The number of carbonyl (C=O) groups excluding carboxylic acids is 1. The van der Waals surface area contributed by atoms with Crippen molar-refractivity contribution in [3.8, 4) is 0 Å². The SMILES string of the molecule is CCOC(=O)c1ccc(N(C)S(=O)(=O)C2CCC3(CC2)CC3)c(F)c1. The summed E-state index contributed by atoms with van der Waals surface area (Å²) in [5.74, 6) is -1.37. The molecule has 2 aliphatic carbocycles. The average Bonchev–Trinajstić information content (AvgIpc) is 3.33. The number of ether oxygens (including phenoxy) is 1. The molecule has 3 rings (SSSR count). The fraction of sp³-hybridized carbons (Fsp3) is 0.611. The number of carbonyl (C=O) groups is 1. The summed E-state index contributed by atoms with van der Waals surface area (Å²) in [6.07, 6.45) is 5.56. The minimum atomic E-state index is -3.63. The Labute approximate surface area is 148 Å². The molecule has 0 aromatic heterocycles. The van der Waals surface area contributed by atoms with E-state index in [1.54, 1.807) is 6.92 Å². The summed E-state index contributed by atoms with van der Waals surface area (Å²) in [6.45, 7) is 1.86. The Morgan fingerprint density at radius 1 is 1.28 bits per heavy atom. The van der Waals surface area contributed by atoms with E-state index < -0.39 is 27.1 Å². The van der Waals surface area contributed by atoms with Crippen molar-refractivity contribution in [1.82, 2.24) is 0 Å². The molecular weight excluding hydrogens is 345 g/mol. The molecule has 0 radical (unpaired) electrons. The molecule has 2 saturated carbocycles. The summed E-state index contributed by atoms with van der Waals surface area (Å²) >= 11 is 0. The number of nitrogens with zero attached hydrogens (tertiary/aromatic N) is 1. The monoisotopic (exact) mass is 369 g/mol. The Balaban J connectivity index is 1.77. The second-order valence-electron chi connectivity index (χ2n) is 7.10. The van der Waals surface area contributed by atoms with E-state index in [2.05, 4.69) is 0 Å². The fourth-order valence-electron chi connectivity index (χ4n) is 3.64. The maximum atomic E-state index is 14.4. The zero-order valence-corrected chi connectivity index (χ0v) is 15.4. The number of hydrogen-bond acceptors (Lipinski definition) is 4. The highest BCUT2D eigenvalue weighted by atomic mass is 32.2. The summed E-state index contributed by atoms with van der Waals surface area (Å²) in [7, 11) is -2.25. The van der Waals surface area contributed by atoms with Crippen LogP contribution in [0.15, 0.2) is 18.2 Å². The van der Waals surface area contributed by atoms with Gasteiger partial charge in [0.05, 0.1) is 23.1 Å². The molecule has 1 aromatic rings. The van der Waals surface area contributed by atoms with Gasteiger partial charge in [0.1, 0.15) is 5.82 Å². The molecule has 0 aliphatic heterocycles. The van der Waals surface area contributed by atoms with Gasteiger partial charge in [0, 0.05) is 7.05 Å². The first kappa shape index (κ1) is 18.2. The van der Waals surface area contributed by atoms with Gasteiger partial charge in [-0.2, -0.15) is 0 Å². The summed E-state index contributed by atoms with van der Waals surface area (Å²) in [6, 6.07) is 3.74. The number of anilines is 1. The molecule has 0 unspecified atom stereocenters. The first-order chi connectivity index (χ1) is 11.8. The molecule has 2 fully saturated rings. The van der Waals surface area contributed by atoms with Crippen LogP contribution >= 0.6 is 0 Å². The van der Waals surface area contributed by atoms with E-state index in [1.807, 2.05) is 0 Å². The summed E-state index contributed by atoms with van der Waals surface area (Å²) in [5.41, 5.74) is 0.430. The van der Waals surface area contributed by atoms with Gasteiger partial charge in [-0.15, -0.1) is 0 Å². The Kier molecular flexibility index (Phi) is 4.79. The zero-order chi connectivity index (χ0) is 18.2. The third-order valence-corrected chi connectivity index (χ3v) is 7.83. The number of rotatable bonds is 5. The summed E-state index contributed by atoms with van der Waals surface area (Å²) in [5, 5.41) is -0.465. The Bertz CT molecular complexity index is 763. The molecule has 0 amide bonds. The molecule has 2 aliphatic rings. The van der Waals surface area contributed by atoms with Crippen LogP contribution < -0.4 is 4.31 Å². The van der Waals surface area contributed by atoms with Gasteiger partial charge in [0.15, 0.2) is 0 Å². The minimum Gasteiger partial charge on any atom is -0.462 e. The quantitative estimate of drug-likeness (QED) is 0.746. The van der Waals surface area contributed by atoms with Crippen molar-refractivity contribution >= 4 is 21.7 Å². The van der Waals surface area contributed by atoms with Crippen LogP contribution in [-0.2, 0) is 14.8 Å². The van der Waals surface area contributed by atoms with Crippen molar-refractivity contribution in [3.63, 3.8) is 0 Å². The van der Waals surface area contributed by atoms with Crippen molar-refractivity contribution in [2.24, 2.45) is 5.41 Å². The van der Waals surface area contributed by atoms with Crippen LogP contribution in [0.4, 0.5) is 10.1 Å². The third kappa shape index (κ3) is 3.52. The van der Waals surface area contributed by atoms with Gasteiger partial charge < -0.3 is 4.74 Å². The highest BCUT2D eigenvalue weighted by Crippen LogP contribution is 2.56.